The van der Waals surface area contributed by atoms with Crippen molar-refractivity contribution >= 4 is 0 Å². The molecule has 1 aliphatic rings. The van der Waals surface area contributed by atoms with Gasteiger partial charge in [-0.05, 0) is 6.58 Å². The van der Waals surface area contributed by atoms with Gasteiger partial charge in [-0.2, -0.15) is 9.48 Å². The molecule has 15 heavy (non-hydrogen) atoms. The van der Waals surface area contributed by atoms with Gasteiger partial charge in [0.25, 0.3) is 16.4 Å². The molecule has 0 fully saturated rings. The first-order chi connectivity index (χ1) is 7.16. The predicted octanol–water partition coefficient (Wildman–Crippen LogP) is -1.50. The molecule has 0 aromatic heterocycles. The van der Waals surface area contributed by atoms with Crippen molar-refractivity contribution in [2.24, 2.45) is 0 Å². The summed E-state index contributed by atoms with van der Waals surface area (Å²) in [6.45, 7) is 3.45. The SMILES string of the molecule is C=C1C(NO)[N+]([O-])=c2ccccc2=[N+]1[O-]. The lowest BCUT2D eigenvalue weighted by Crippen LogP contribution is -2.58. The molecular weight excluding hydrogens is 198 g/mol. The van der Waals surface area contributed by atoms with Crippen LogP contribution in [-0.2, 0) is 0 Å². The highest BCUT2D eigenvalue weighted by atomic mass is 16.5. The first-order valence-electron chi connectivity index (χ1n) is 4.28. The second-order valence-electron chi connectivity index (χ2n) is 3.13. The Bertz CT molecular complexity index is 538. The van der Waals surface area contributed by atoms with E-state index in [4.69, 9.17) is 5.21 Å². The molecule has 1 unspecified atom stereocenters. The molecule has 1 aromatic carbocycles. The molecule has 6 nitrogen and oxygen atoms in total. The van der Waals surface area contributed by atoms with Gasteiger partial charge in [0.1, 0.15) is 0 Å². The van der Waals surface area contributed by atoms with Gasteiger partial charge in [-0.15, -0.1) is 5.48 Å². The first-order valence-corrected chi connectivity index (χ1v) is 4.28. The Hall–Kier alpha value is -1.92. The number of nitrogens with one attached hydrogen (secondary N) is 1. The van der Waals surface area contributed by atoms with Gasteiger partial charge >= 0.3 is 6.17 Å². The number of fused-ring (bicyclic) bond motifs is 1. The van der Waals surface area contributed by atoms with Gasteiger partial charge in [0.15, 0.2) is 0 Å². The second-order valence-corrected chi connectivity index (χ2v) is 3.13. The Morgan fingerprint density at radius 1 is 1.27 bits per heavy atom. The second kappa shape index (κ2) is 3.34. The van der Waals surface area contributed by atoms with Crippen LogP contribution < -0.4 is 25.7 Å². The zero-order chi connectivity index (χ0) is 11.0. The summed E-state index contributed by atoms with van der Waals surface area (Å²) in [6.07, 6.45) is -1.14. The monoisotopic (exact) mass is 207 g/mol. The summed E-state index contributed by atoms with van der Waals surface area (Å²) in [5, 5.41) is 32.5. The number of para-hydroxylation sites is 2. The molecule has 2 N–H and O–H groups in total. The fraction of sp³-hybridized carbons (Fsp3) is 0.111. The normalized spacial score (nSPS) is 20.3. The minimum atomic E-state index is -1.14. The summed E-state index contributed by atoms with van der Waals surface area (Å²) in [5.74, 6) is 0. The Balaban J connectivity index is 2.89. The van der Waals surface area contributed by atoms with Crippen molar-refractivity contribution in [2.45, 2.75) is 6.17 Å². The fourth-order valence-corrected chi connectivity index (χ4v) is 1.49. The third-order valence-corrected chi connectivity index (χ3v) is 2.27. The minimum absolute atomic E-state index is 0.0498. The number of hydroxylamine groups is 3. The zero-order valence-electron chi connectivity index (χ0n) is 7.75. The number of hydrogen-bond donors (Lipinski definition) is 2. The van der Waals surface area contributed by atoms with E-state index < -0.39 is 6.17 Å². The molecule has 6 heteroatoms. The van der Waals surface area contributed by atoms with Gasteiger partial charge in [-0.1, -0.05) is 12.1 Å². The summed E-state index contributed by atoms with van der Waals surface area (Å²) in [4.78, 5) is 0. The van der Waals surface area contributed by atoms with Crippen LogP contribution in [0.4, 0.5) is 0 Å². The Kier molecular flexibility index (Phi) is 2.14. The lowest BCUT2D eigenvalue weighted by Gasteiger charge is -2.18. The fourth-order valence-electron chi connectivity index (χ4n) is 1.49. The molecule has 1 atom stereocenters. The van der Waals surface area contributed by atoms with Crippen LogP contribution in [-0.4, -0.2) is 11.4 Å². The summed E-state index contributed by atoms with van der Waals surface area (Å²) < 4.78 is 1.03. The molecule has 78 valence electrons. The van der Waals surface area contributed by atoms with Crippen molar-refractivity contribution in [1.29, 1.82) is 0 Å². The molecule has 2 rings (SSSR count). The maximum absolute atomic E-state index is 11.7. The molecule has 0 saturated carbocycles. The molecular formula is C9H9N3O3. The molecule has 0 aliphatic carbocycles. The quantitative estimate of drug-likeness (QED) is 0.333. The molecule has 0 bridgehead atoms. The molecule has 1 heterocycles. The number of benzene rings is 1. The third-order valence-electron chi connectivity index (χ3n) is 2.27. The number of nitrogens with zero attached hydrogens (tertiary/aromatic N) is 2. The van der Waals surface area contributed by atoms with Crippen LogP contribution in [0, 0.1) is 10.4 Å². The molecule has 0 radical (unpaired) electrons. The van der Waals surface area contributed by atoms with Crippen molar-refractivity contribution in [2.75, 3.05) is 0 Å². The van der Waals surface area contributed by atoms with Crippen molar-refractivity contribution in [3.05, 3.63) is 57.7 Å². The largest absolute Gasteiger partial charge is 0.622 e. The van der Waals surface area contributed by atoms with E-state index in [1.165, 1.54) is 12.1 Å². The maximum Gasteiger partial charge on any atom is 0.324 e. The number of rotatable bonds is 1. The zero-order valence-corrected chi connectivity index (χ0v) is 7.75. The topological polar surface area (TPSA) is 84.4 Å². The van der Waals surface area contributed by atoms with E-state index in [1.807, 2.05) is 0 Å². The average Bonchev–Trinajstić information content (AvgIpc) is 2.27. The third kappa shape index (κ3) is 1.27. The summed E-state index contributed by atoms with van der Waals surface area (Å²) in [6, 6.07) is 6.31. The van der Waals surface area contributed by atoms with Gasteiger partial charge in [-0.3, -0.25) is 0 Å². The molecule has 0 spiro atoms. The van der Waals surface area contributed by atoms with Crippen LogP contribution >= 0.6 is 0 Å². The van der Waals surface area contributed by atoms with Crippen molar-refractivity contribution < 1.29 is 5.21 Å². The minimum Gasteiger partial charge on any atom is -0.622 e. The average molecular weight is 207 g/mol. The lowest BCUT2D eigenvalue weighted by molar-refractivity contribution is 0.116. The lowest BCUT2D eigenvalue weighted by atomic mass is 10.2. The standard InChI is InChI=1S/C9H9N3O3/c1-6-9(10-13)12(15)8-5-3-2-4-7(8)11(6)14/h2-5,9-10,13H,1H2. The van der Waals surface area contributed by atoms with Crippen LogP contribution in [0.1, 0.15) is 0 Å². The van der Waals surface area contributed by atoms with E-state index in [0.717, 1.165) is 0 Å². The van der Waals surface area contributed by atoms with Crippen molar-refractivity contribution in [1.82, 2.24) is 15.0 Å². The molecule has 0 amide bonds. The highest BCUT2D eigenvalue weighted by Crippen LogP contribution is 1.98. The van der Waals surface area contributed by atoms with Crippen molar-refractivity contribution in [3.63, 3.8) is 0 Å². The van der Waals surface area contributed by atoms with E-state index in [2.05, 4.69) is 6.58 Å². The van der Waals surface area contributed by atoms with Crippen LogP contribution in [0.25, 0.3) is 0 Å². The Morgan fingerprint density at radius 2 is 1.87 bits per heavy atom. The van der Waals surface area contributed by atoms with Crippen LogP contribution in [0.3, 0.4) is 0 Å². The highest BCUT2D eigenvalue weighted by Gasteiger charge is 2.32. The Labute approximate surface area is 84.8 Å². The summed E-state index contributed by atoms with van der Waals surface area (Å²) in [7, 11) is 0. The highest BCUT2D eigenvalue weighted by molar-refractivity contribution is 5.15. The van der Waals surface area contributed by atoms with Crippen LogP contribution in [0.5, 0.6) is 0 Å². The Morgan fingerprint density at radius 3 is 2.47 bits per heavy atom. The number of hydrogen-bond acceptors (Lipinski definition) is 4. The van der Waals surface area contributed by atoms with E-state index in [1.54, 1.807) is 17.6 Å². The van der Waals surface area contributed by atoms with E-state index >= 15 is 0 Å². The van der Waals surface area contributed by atoms with Gasteiger partial charge in [0.2, 0.25) is 0 Å². The van der Waals surface area contributed by atoms with Crippen molar-refractivity contribution in [3.8, 4) is 0 Å². The first kappa shape index (κ1) is 9.63. The molecule has 1 aromatic rings. The van der Waals surface area contributed by atoms with Gasteiger partial charge < -0.3 is 15.6 Å². The predicted molar refractivity (Wildman–Crippen MR) is 52.8 cm³/mol. The summed E-state index contributed by atoms with van der Waals surface area (Å²) in [5.41, 5.74) is 1.70. The molecule has 0 saturated heterocycles. The van der Waals surface area contributed by atoms with Gasteiger partial charge in [0.05, 0.1) is 0 Å². The van der Waals surface area contributed by atoms with E-state index in [9.17, 15) is 10.4 Å². The van der Waals surface area contributed by atoms with E-state index in [-0.39, 0.29) is 16.4 Å². The van der Waals surface area contributed by atoms with Gasteiger partial charge in [0, 0.05) is 12.1 Å². The van der Waals surface area contributed by atoms with Gasteiger partial charge in [-0.25, -0.2) is 0 Å². The molecule has 1 aliphatic heterocycles. The van der Waals surface area contributed by atoms with Crippen LogP contribution in [0.15, 0.2) is 36.5 Å². The van der Waals surface area contributed by atoms with Crippen LogP contribution in [0.2, 0.25) is 0 Å². The smallest absolute Gasteiger partial charge is 0.324 e. The van der Waals surface area contributed by atoms with E-state index in [0.29, 0.717) is 9.48 Å². The maximum atomic E-state index is 11.7. The summed E-state index contributed by atoms with van der Waals surface area (Å²) >= 11 is 0.